The van der Waals surface area contributed by atoms with E-state index in [0.717, 1.165) is 12.1 Å². The van der Waals surface area contributed by atoms with E-state index in [1.165, 1.54) is 34.0 Å². The summed E-state index contributed by atoms with van der Waals surface area (Å²) < 4.78 is 1.66. The van der Waals surface area contributed by atoms with Crippen LogP contribution < -0.4 is 5.32 Å². The fraction of sp³-hybridized carbons (Fsp3) is 0.300. The number of nitrogens with one attached hydrogen (secondary N) is 1. The van der Waals surface area contributed by atoms with Gasteiger partial charge in [0, 0.05) is 6.54 Å². The predicted octanol–water partition coefficient (Wildman–Crippen LogP) is 3.04. The summed E-state index contributed by atoms with van der Waals surface area (Å²) in [5, 5.41) is 15.4. The Morgan fingerprint density at radius 2 is 1.89 bits per heavy atom. The molecule has 2 aromatic carbocycles. The Labute approximate surface area is 163 Å². The van der Waals surface area contributed by atoms with E-state index in [-0.39, 0.29) is 11.7 Å². The average Bonchev–Trinajstić information content (AvgIpc) is 3.12. The van der Waals surface area contributed by atoms with Gasteiger partial charge in [0.2, 0.25) is 11.1 Å². The molecule has 0 unspecified atom stereocenters. The average molecular weight is 382 g/mol. The van der Waals surface area contributed by atoms with E-state index in [1.54, 1.807) is 4.68 Å². The molecule has 0 spiro atoms. The van der Waals surface area contributed by atoms with Crippen LogP contribution in [-0.4, -0.2) is 38.4 Å². The van der Waals surface area contributed by atoms with Crippen molar-refractivity contribution in [3.63, 3.8) is 0 Å². The van der Waals surface area contributed by atoms with Crippen LogP contribution in [-0.2, 0) is 11.2 Å². The van der Waals surface area contributed by atoms with Crippen molar-refractivity contribution in [1.82, 2.24) is 25.5 Å². The molecule has 140 valence electrons. The maximum absolute atomic E-state index is 12.2. The predicted molar refractivity (Wildman–Crippen MR) is 107 cm³/mol. The zero-order valence-corrected chi connectivity index (χ0v) is 16.6. The van der Waals surface area contributed by atoms with Gasteiger partial charge >= 0.3 is 0 Å². The molecule has 0 aliphatic rings. The summed E-state index contributed by atoms with van der Waals surface area (Å²) in [4.78, 5) is 12.2. The number of rotatable bonds is 7. The van der Waals surface area contributed by atoms with Crippen LogP contribution >= 0.6 is 11.8 Å². The third-order valence-electron chi connectivity index (χ3n) is 4.49. The lowest BCUT2D eigenvalue weighted by molar-refractivity contribution is -0.118. The summed E-state index contributed by atoms with van der Waals surface area (Å²) in [7, 11) is 0. The Balaban J connectivity index is 1.53. The molecule has 0 atom stereocenters. The zero-order chi connectivity index (χ0) is 19.2. The molecule has 0 radical (unpaired) electrons. The van der Waals surface area contributed by atoms with Gasteiger partial charge in [0.1, 0.15) is 0 Å². The lowest BCUT2D eigenvalue weighted by Crippen LogP contribution is -2.27. The molecular weight excluding hydrogens is 358 g/mol. The summed E-state index contributed by atoms with van der Waals surface area (Å²) in [6.07, 6.45) is 0.823. The van der Waals surface area contributed by atoms with Crippen molar-refractivity contribution in [1.29, 1.82) is 0 Å². The second kappa shape index (κ2) is 8.81. The third-order valence-corrected chi connectivity index (χ3v) is 5.41. The van der Waals surface area contributed by atoms with E-state index < -0.39 is 0 Å². The van der Waals surface area contributed by atoms with Crippen LogP contribution in [0.5, 0.6) is 0 Å². The van der Waals surface area contributed by atoms with Gasteiger partial charge in [0.25, 0.3) is 0 Å². The number of carbonyl (C=O) groups is 1. The Morgan fingerprint density at radius 3 is 2.67 bits per heavy atom. The first-order chi connectivity index (χ1) is 13.0. The number of amides is 1. The van der Waals surface area contributed by atoms with Crippen molar-refractivity contribution in [3.8, 4) is 5.69 Å². The van der Waals surface area contributed by atoms with Crippen LogP contribution in [0.3, 0.4) is 0 Å². The number of aromatic nitrogens is 4. The molecule has 6 nitrogen and oxygen atoms in total. The van der Waals surface area contributed by atoms with E-state index in [9.17, 15) is 4.79 Å². The number of hydrogen-bond acceptors (Lipinski definition) is 5. The lowest BCUT2D eigenvalue weighted by Gasteiger charge is -2.08. The fourth-order valence-corrected chi connectivity index (χ4v) is 3.42. The maximum Gasteiger partial charge on any atom is 0.230 e. The highest BCUT2D eigenvalue weighted by Gasteiger charge is 2.12. The minimum Gasteiger partial charge on any atom is -0.355 e. The Kier molecular flexibility index (Phi) is 6.24. The molecule has 3 aromatic rings. The number of carbonyl (C=O) groups excluding carboxylic acids is 1. The number of nitrogens with zero attached hydrogens (tertiary/aromatic N) is 4. The normalized spacial score (nSPS) is 10.8. The number of tetrazole rings is 1. The van der Waals surface area contributed by atoms with Gasteiger partial charge < -0.3 is 5.32 Å². The van der Waals surface area contributed by atoms with Gasteiger partial charge in [0.15, 0.2) is 0 Å². The smallest absolute Gasteiger partial charge is 0.230 e. The molecule has 1 heterocycles. The minimum absolute atomic E-state index is 0.0248. The molecule has 0 saturated heterocycles. The van der Waals surface area contributed by atoms with Crippen LogP contribution in [0.2, 0.25) is 0 Å². The molecule has 1 N–H and O–H groups in total. The molecule has 0 bridgehead atoms. The lowest BCUT2D eigenvalue weighted by atomic mass is 10.1. The van der Waals surface area contributed by atoms with Crippen LogP contribution in [0.4, 0.5) is 0 Å². The van der Waals surface area contributed by atoms with Crippen LogP contribution in [0.1, 0.15) is 22.3 Å². The molecule has 0 fully saturated rings. The van der Waals surface area contributed by atoms with E-state index in [2.05, 4.69) is 53.7 Å². The van der Waals surface area contributed by atoms with Crippen molar-refractivity contribution < 1.29 is 4.79 Å². The van der Waals surface area contributed by atoms with E-state index in [4.69, 9.17) is 0 Å². The highest BCUT2D eigenvalue weighted by Crippen LogP contribution is 2.20. The van der Waals surface area contributed by atoms with Crippen molar-refractivity contribution in [2.24, 2.45) is 0 Å². The summed E-state index contributed by atoms with van der Waals surface area (Å²) in [6.45, 7) is 6.82. The molecule has 1 aromatic heterocycles. The zero-order valence-electron chi connectivity index (χ0n) is 15.8. The molecule has 0 aliphatic carbocycles. The maximum atomic E-state index is 12.2. The second-order valence-electron chi connectivity index (χ2n) is 6.46. The van der Waals surface area contributed by atoms with Crippen LogP contribution in [0.25, 0.3) is 5.69 Å². The third kappa shape index (κ3) is 4.95. The van der Waals surface area contributed by atoms with Crippen molar-refractivity contribution in [2.75, 3.05) is 12.3 Å². The number of aryl methyl sites for hydroxylation is 3. The van der Waals surface area contributed by atoms with Gasteiger partial charge in [-0.25, -0.2) is 0 Å². The highest BCUT2D eigenvalue weighted by atomic mass is 32.2. The van der Waals surface area contributed by atoms with Crippen LogP contribution in [0.15, 0.2) is 47.6 Å². The second-order valence-corrected chi connectivity index (χ2v) is 7.40. The van der Waals surface area contributed by atoms with Gasteiger partial charge in [0.05, 0.1) is 11.4 Å². The fourth-order valence-electron chi connectivity index (χ4n) is 2.70. The van der Waals surface area contributed by atoms with Gasteiger partial charge in [-0.2, -0.15) is 4.68 Å². The van der Waals surface area contributed by atoms with Gasteiger partial charge in [-0.3, -0.25) is 4.79 Å². The van der Waals surface area contributed by atoms with Crippen molar-refractivity contribution in [2.45, 2.75) is 32.3 Å². The number of thioether (sulfide) groups is 1. The first kappa shape index (κ1) is 19.1. The summed E-state index contributed by atoms with van der Waals surface area (Å²) >= 11 is 1.33. The monoisotopic (exact) mass is 381 g/mol. The first-order valence-electron chi connectivity index (χ1n) is 8.84. The van der Waals surface area contributed by atoms with E-state index >= 15 is 0 Å². The molecule has 0 saturated carbocycles. The van der Waals surface area contributed by atoms with E-state index in [0.29, 0.717) is 11.7 Å². The first-order valence-corrected chi connectivity index (χ1v) is 9.83. The molecule has 3 rings (SSSR count). The minimum atomic E-state index is -0.0248. The molecule has 1 amide bonds. The summed E-state index contributed by atoms with van der Waals surface area (Å²) in [6, 6.07) is 14.3. The van der Waals surface area contributed by atoms with Crippen molar-refractivity contribution in [3.05, 3.63) is 64.7 Å². The van der Waals surface area contributed by atoms with Crippen LogP contribution in [0, 0.1) is 20.8 Å². The standard InChI is InChI=1S/C20H23N5OS/c1-14-8-9-18(12-16(14)3)25-20(22-23-24-25)27-13-19(26)21-11-10-17-7-5-4-6-15(17)2/h4-9,12H,10-11,13H2,1-3H3,(H,21,26). The SMILES string of the molecule is Cc1ccc(-n2nnnc2SCC(=O)NCCc2ccccc2C)cc1C. The largest absolute Gasteiger partial charge is 0.355 e. The number of hydrogen-bond donors (Lipinski definition) is 1. The molecule has 27 heavy (non-hydrogen) atoms. The van der Waals surface area contributed by atoms with E-state index in [1.807, 2.05) is 30.3 Å². The van der Waals surface area contributed by atoms with Crippen molar-refractivity contribution >= 4 is 17.7 Å². The van der Waals surface area contributed by atoms with Gasteiger partial charge in [-0.05, 0) is 72.0 Å². The molecule has 7 heteroatoms. The molecule has 0 aliphatic heterocycles. The molecular formula is C20H23N5OS. The topological polar surface area (TPSA) is 72.7 Å². The highest BCUT2D eigenvalue weighted by molar-refractivity contribution is 7.99. The Morgan fingerprint density at radius 1 is 1.07 bits per heavy atom. The quantitative estimate of drug-likeness (QED) is 0.637. The van der Waals surface area contributed by atoms with Gasteiger partial charge in [-0.1, -0.05) is 42.1 Å². The Bertz CT molecular complexity index is 938. The summed E-state index contributed by atoms with van der Waals surface area (Å²) in [5.74, 6) is 0.252. The number of benzene rings is 2. The summed E-state index contributed by atoms with van der Waals surface area (Å²) in [5.41, 5.74) is 5.78. The van der Waals surface area contributed by atoms with Gasteiger partial charge in [-0.15, -0.1) is 5.10 Å². The Hall–Kier alpha value is -2.67.